The minimum absolute atomic E-state index is 0. The van der Waals surface area contributed by atoms with Gasteiger partial charge in [-0.2, -0.15) is 0 Å². The van der Waals surface area contributed by atoms with E-state index in [1.165, 1.54) is 0 Å². The number of hydrogen-bond acceptors (Lipinski definition) is 7. The molecule has 1 saturated heterocycles. The molecule has 1 aromatic heterocycles. The maximum atomic E-state index is 5.79. The molecule has 2 N–H and O–H groups in total. The first-order valence-electron chi connectivity index (χ1n) is 11.0. The van der Waals surface area contributed by atoms with Crippen molar-refractivity contribution in [2.45, 2.75) is 13.3 Å². The van der Waals surface area contributed by atoms with E-state index in [4.69, 9.17) is 14.5 Å². The Balaban J connectivity index is 0.00000289. The van der Waals surface area contributed by atoms with Gasteiger partial charge in [-0.25, -0.2) is 9.97 Å². The number of aromatic nitrogens is 2. The summed E-state index contributed by atoms with van der Waals surface area (Å²) in [5.74, 6) is 3.16. The molecule has 0 atom stereocenters. The summed E-state index contributed by atoms with van der Waals surface area (Å²) in [6, 6.07) is 7.76. The highest BCUT2D eigenvalue weighted by Crippen LogP contribution is 2.32. The number of nitrogens with one attached hydrogen (secondary N) is 2. The average Bonchev–Trinajstić information content (AvgIpc) is 3.05. The van der Waals surface area contributed by atoms with Crippen molar-refractivity contribution in [2.75, 3.05) is 69.2 Å². The summed E-state index contributed by atoms with van der Waals surface area (Å²) >= 11 is 0. The van der Waals surface area contributed by atoms with Crippen LogP contribution in [0.25, 0.3) is 0 Å². The van der Waals surface area contributed by atoms with Gasteiger partial charge in [0.15, 0.2) is 17.5 Å². The number of anilines is 2. The second kappa shape index (κ2) is 12.6. The van der Waals surface area contributed by atoms with Gasteiger partial charge in [0.2, 0.25) is 5.95 Å². The highest BCUT2D eigenvalue weighted by Gasteiger charge is 2.18. The third-order valence-corrected chi connectivity index (χ3v) is 5.25. The largest absolute Gasteiger partial charge is 0.490 e. The lowest BCUT2D eigenvalue weighted by Gasteiger charge is -2.34. The molecular weight excluding hydrogens is 521 g/mol. The van der Waals surface area contributed by atoms with E-state index in [0.29, 0.717) is 13.2 Å². The van der Waals surface area contributed by atoms with Crippen LogP contribution in [0.2, 0.25) is 0 Å². The Labute approximate surface area is 206 Å². The first-order chi connectivity index (χ1) is 15.3. The van der Waals surface area contributed by atoms with Crippen LogP contribution in [0.4, 0.5) is 11.6 Å². The van der Waals surface area contributed by atoms with E-state index in [2.05, 4.69) is 37.3 Å². The minimum Gasteiger partial charge on any atom is -0.490 e. The third kappa shape index (κ3) is 6.83. The van der Waals surface area contributed by atoms with Crippen LogP contribution in [0.3, 0.4) is 0 Å². The summed E-state index contributed by atoms with van der Waals surface area (Å²) in [5.41, 5.74) is 0.931. The van der Waals surface area contributed by atoms with E-state index in [0.717, 1.165) is 81.3 Å². The second-order valence-corrected chi connectivity index (χ2v) is 7.48. The quantitative estimate of drug-likeness (QED) is 0.321. The Morgan fingerprint density at radius 2 is 1.81 bits per heavy atom. The molecule has 32 heavy (non-hydrogen) atoms. The number of rotatable bonds is 6. The normalized spacial score (nSPS) is 16.7. The van der Waals surface area contributed by atoms with Gasteiger partial charge in [-0.1, -0.05) is 0 Å². The molecule has 10 heteroatoms. The van der Waals surface area contributed by atoms with E-state index in [9.17, 15) is 0 Å². The zero-order valence-electron chi connectivity index (χ0n) is 18.5. The van der Waals surface area contributed by atoms with Crippen LogP contribution in [0.15, 0.2) is 41.7 Å². The van der Waals surface area contributed by atoms with Crippen LogP contribution >= 0.6 is 24.0 Å². The topological polar surface area (TPSA) is 87.1 Å². The van der Waals surface area contributed by atoms with Crippen molar-refractivity contribution >= 4 is 41.6 Å². The molecule has 0 aliphatic carbocycles. The van der Waals surface area contributed by atoms with Gasteiger partial charge < -0.3 is 25.0 Å². The molecule has 3 heterocycles. The van der Waals surface area contributed by atoms with E-state index in [1.807, 2.05) is 24.3 Å². The molecule has 0 amide bonds. The lowest BCUT2D eigenvalue weighted by atomic mass is 10.3. The molecule has 1 aromatic carbocycles. The predicted molar refractivity (Wildman–Crippen MR) is 138 cm³/mol. The first kappa shape index (κ1) is 24.3. The maximum absolute atomic E-state index is 5.79. The number of guanidine groups is 1. The summed E-state index contributed by atoms with van der Waals surface area (Å²) < 4.78 is 11.5. The number of ether oxygens (including phenoxy) is 2. The van der Waals surface area contributed by atoms with Crippen LogP contribution in [0.1, 0.15) is 13.3 Å². The van der Waals surface area contributed by atoms with Crippen LogP contribution < -0.4 is 25.0 Å². The summed E-state index contributed by atoms with van der Waals surface area (Å²) in [6.07, 6.45) is 4.48. The van der Waals surface area contributed by atoms with Gasteiger partial charge in [0.25, 0.3) is 0 Å². The molecular formula is C22H32IN7O2. The molecule has 2 aromatic rings. The van der Waals surface area contributed by atoms with E-state index >= 15 is 0 Å². The van der Waals surface area contributed by atoms with Gasteiger partial charge >= 0.3 is 0 Å². The van der Waals surface area contributed by atoms with Gasteiger partial charge in [0.1, 0.15) is 0 Å². The van der Waals surface area contributed by atoms with Crippen LogP contribution in [-0.4, -0.2) is 79.9 Å². The van der Waals surface area contributed by atoms with Crippen molar-refractivity contribution in [1.82, 2.24) is 20.2 Å². The summed E-state index contributed by atoms with van der Waals surface area (Å²) in [7, 11) is 0. The molecule has 0 radical (unpaired) electrons. The van der Waals surface area contributed by atoms with E-state index < -0.39 is 0 Å². The SMILES string of the molecule is CCNC(=NCCN1CCN(c2ncccn2)CC1)Nc1ccc2c(c1)OCCCO2.I. The Morgan fingerprint density at radius 1 is 1.06 bits per heavy atom. The van der Waals surface area contributed by atoms with Crippen molar-refractivity contribution in [3.05, 3.63) is 36.7 Å². The number of aliphatic imine (C=N–C) groups is 1. The molecule has 1 fully saturated rings. The molecule has 0 unspecified atom stereocenters. The van der Waals surface area contributed by atoms with Crippen LogP contribution in [-0.2, 0) is 0 Å². The van der Waals surface area contributed by atoms with E-state index in [1.54, 1.807) is 12.4 Å². The van der Waals surface area contributed by atoms with Crippen molar-refractivity contribution in [3.63, 3.8) is 0 Å². The molecule has 2 aliphatic rings. The van der Waals surface area contributed by atoms with E-state index in [-0.39, 0.29) is 24.0 Å². The van der Waals surface area contributed by atoms with Crippen molar-refractivity contribution in [1.29, 1.82) is 0 Å². The fraction of sp³-hybridized carbons (Fsp3) is 0.500. The standard InChI is InChI=1S/C22H31N7O2.HI/c1-2-23-21(27-18-5-6-19-20(17-18)31-16-4-15-30-19)24-9-10-28-11-13-29(14-12-28)22-25-7-3-8-26-22;/h3,5-8,17H,2,4,9-16H2,1H3,(H2,23,24,27);1H. The highest BCUT2D eigenvalue weighted by molar-refractivity contribution is 14.0. The molecule has 9 nitrogen and oxygen atoms in total. The highest BCUT2D eigenvalue weighted by atomic mass is 127. The van der Waals surface area contributed by atoms with Gasteiger partial charge in [0, 0.05) is 69.8 Å². The molecule has 0 spiro atoms. The number of nitrogens with zero attached hydrogens (tertiary/aromatic N) is 5. The fourth-order valence-corrected chi connectivity index (χ4v) is 3.61. The minimum atomic E-state index is 0. The second-order valence-electron chi connectivity index (χ2n) is 7.48. The van der Waals surface area contributed by atoms with Gasteiger partial charge in [0.05, 0.1) is 19.8 Å². The zero-order valence-corrected chi connectivity index (χ0v) is 20.8. The predicted octanol–water partition coefficient (Wildman–Crippen LogP) is 2.46. The molecule has 0 saturated carbocycles. The summed E-state index contributed by atoms with van der Waals surface area (Å²) in [6.45, 7) is 9.71. The molecule has 2 aliphatic heterocycles. The smallest absolute Gasteiger partial charge is 0.225 e. The summed E-state index contributed by atoms with van der Waals surface area (Å²) in [4.78, 5) is 18.1. The fourth-order valence-electron chi connectivity index (χ4n) is 3.61. The zero-order chi connectivity index (χ0) is 21.3. The Kier molecular flexibility index (Phi) is 9.60. The monoisotopic (exact) mass is 553 g/mol. The molecule has 174 valence electrons. The maximum Gasteiger partial charge on any atom is 0.225 e. The van der Waals surface area contributed by atoms with Crippen LogP contribution in [0, 0.1) is 0 Å². The molecule has 0 bridgehead atoms. The van der Waals surface area contributed by atoms with Crippen molar-refractivity contribution in [2.24, 2.45) is 4.99 Å². The Bertz CT molecular complexity index is 861. The number of fused-ring (bicyclic) bond motifs is 1. The van der Waals surface area contributed by atoms with Gasteiger partial charge in [-0.15, -0.1) is 24.0 Å². The molecule has 4 rings (SSSR count). The van der Waals surface area contributed by atoms with Gasteiger partial charge in [-0.05, 0) is 25.1 Å². The number of piperazine rings is 1. The van der Waals surface area contributed by atoms with Gasteiger partial charge in [-0.3, -0.25) is 9.89 Å². The Morgan fingerprint density at radius 3 is 2.56 bits per heavy atom. The lowest BCUT2D eigenvalue weighted by Crippen LogP contribution is -2.47. The number of benzene rings is 1. The Hall–Kier alpha value is -2.34. The van der Waals surface area contributed by atoms with Crippen molar-refractivity contribution in [3.8, 4) is 11.5 Å². The van der Waals surface area contributed by atoms with Crippen molar-refractivity contribution < 1.29 is 9.47 Å². The number of halogens is 1. The third-order valence-electron chi connectivity index (χ3n) is 5.25. The summed E-state index contributed by atoms with van der Waals surface area (Å²) in [5, 5.41) is 6.69. The average molecular weight is 553 g/mol. The first-order valence-corrected chi connectivity index (χ1v) is 11.0. The lowest BCUT2D eigenvalue weighted by molar-refractivity contribution is 0.264. The van der Waals surface area contributed by atoms with Crippen LogP contribution in [0.5, 0.6) is 11.5 Å². The number of hydrogen-bond donors (Lipinski definition) is 2.